The van der Waals surface area contributed by atoms with Crippen LogP contribution in [0.1, 0.15) is 39.2 Å². The minimum absolute atomic E-state index is 0.0156. The van der Waals surface area contributed by atoms with Crippen LogP contribution in [0.5, 0.6) is 0 Å². The topological polar surface area (TPSA) is 101 Å². The zero-order valence-corrected chi connectivity index (χ0v) is 16.7. The minimum atomic E-state index is -0.994. The van der Waals surface area contributed by atoms with Crippen molar-refractivity contribution in [2.75, 3.05) is 5.01 Å². The zero-order chi connectivity index (χ0) is 21.3. The number of aromatic nitrogens is 1. The summed E-state index contributed by atoms with van der Waals surface area (Å²) in [5.74, 6) is -0.892. The Balaban J connectivity index is 2.30. The van der Waals surface area contributed by atoms with Crippen molar-refractivity contribution in [3.05, 3.63) is 60.4 Å². The van der Waals surface area contributed by atoms with Gasteiger partial charge in [0.2, 0.25) is 5.90 Å². The van der Waals surface area contributed by atoms with Gasteiger partial charge in [0.05, 0.1) is 18.3 Å². The first-order chi connectivity index (χ1) is 13.7. The van der Waals surface area contributed by atoms with E-state index in [1.807, 2.05) is 30.3 Å². The van der Waals surface area contributed by atoms with Crippen LogP contribution in [0.3, 0.4) is 0 Å². The van der Waals surface area contributed by atoms with Crippen LogP contribution in [-0.4, -0.2) is 33.7 Å². The molecule has 2 aromatic rings. The maximum atomic E-state index is 12.7. The first-order valence-corrected chi connectivity index (χ1v) is 9.14. The lowest BCUT2D eigenvalue weighted by Crippen LogP contribution is -2.34. The fraction of sp³-hybridized carbons (Fsp3) is 0.333. The third kappa shape index (κ3) is 8.00. The lowest BCUT2D eigenvalue weighted by Gasteiger charge is -2.24. The van der Waals surface area contributed by atoms with E-state index in [1.54, 1.807) is 39.1 Å². The molecule has 2 rings (SSSR count). The summed E-state index contributed by atoms with van der Waals surface area (Å²) in [5.41, 5.74) is 0.526. The molecule has 0 saturated heterocycles. The molecular weight excluding hydrogens is 374 g/mol. The van der Waals surface area contributed by atoms with E-state index in [-0.39, 0.29) is 25.3 Å². The van der Waals surface area contributed by atoms with E-state index in [0.717, 1.165) is 10.6 Å². The molecule has 0 saturated carbocycles. The molecule has 0 aliphatic rings. The van der Waals surface area contributed by atoms with E-state index in [2.05, 4.69) is 10.1 Å². The molecule has 1 aromatic heterocycles. The third-order valence-electron chi connectivity index (χ3n) is 3.47. The molecular formula is C21H25N3O5. The SMILES string of the molecule is CC(C)(C)OC(=O)N(N=C(CCC(=O)O)OCc1ccccc1)c1cccnc1. The molecule has 0 bridgehead atoms. The van der Waals surface area contributed by atoms with E-state index in [0.29, 0.717) is 5.69 Å². The van der Waals surface area contributed by atoms with Crippen molar-refractivity contribution >= 4 is 23.6 Å². The van der Waals surface area contributed by atoms with Crippen LogP contribution >= 0.6 is 0 Å². The number of benzene rings is 1. The quantitative estimate of drug-likeness (QED) is 0.425. The Morgan fingerprint density at radius 2 is 1.83 bits per heavy atom. The molecule has 154 valence electrons. The fourth-order valence-corrected chi connectivity index (χ4v) is 2.21. The number of carbonyl (C=O) groups is 2. The van der Waals surface area contributed by atoms with Crippen molar-refractivity contribution in [1.82, 2.24) is 4.98 Å². The van der Waals surface area contributed by atoms with Gasteiger partial charge in [0.15, 0.2) is 0 Å². The number of nitrogens with zero attached hydrogens (tertiary/aromatic N) is 3. The second-order valence-corrected chi connectivity index (χ2v) is 7.17. The average Bonchev–Trinajstić information content (AvgIpc) is 2.67. The van der Waals surface area contributed by atoms with Crippen molar-refractivity contribution in [2.45, 2.75) is 45.8 Å². The van der Waals surface area contributed by atoms with Gasteiger partial charge in [-0.1, -0.05) is 30.3 Å². The molecule has 0 aliphatic carbocycles. The molecule has 29 heavy (non-hydrogen) atoms. The Labute approximate surface area is 169 Å². The minimum Gasteiger partial charge on any atom is -0.481 e. The predicted octanol–water partition coefficient (Wildman–Crippen LogP) is 4.22. The van der Waals surface area contributed by atoms with E-state index in [9.17, 15) is 9.59 Å². The number of anilines is 1. The molecule has 8 nitrogen and oxygen atoms in total. The maximum Gasteiger partial charge on any atom is 0.435 e. The number of ether oxygens (including phenoxy) is 2. The van der Waals surface area contributed by atoms with E-state index < -0.39 is 17.7 Å². The maximum absolute atomic E-state index is 12.7. The molecule has 1 aromatic carbocycles. The number of hydrogen-bond acceptors (Lipinski definition) is 6. The summed E-state index contributed by atoms with van der Waals surface area (Å²) in [4.78, 5) is 27.7. The van der Waals surface area contributed by atoms with Gasteiger partial charge in [-0.05, 0) is 38.5 Å². The Morgan fingerprint density at radius 3 is 2.41 bits per heavy atom. The molecule has 1 N–H and O–H groups in total. The van der Waals surface area contributed by atoms with E-state index in [4.69, 9.17) is 14.6 Å². The van der Waals surface area contributed by atoms with Gasteiger partial charge in [-0.2, -0.15) is 5.01 Å². The predicted molar refractivity (Wildman–Crippen MR) is 108 cm³/mol. The Hall–Kier alpha value is -3.42. The highest BCUT2D eigenvalue weighted by Crippen LogP contribution is 2.18. The van der Waals surface area contributed by atoms with Gasteiger partial charge in [-0.15, -0.1) is 5.10 Å². The number of hydrazone groups is 1. The first kappa shape index (κ1) is 21.9. The van der Waals surface area contributed by atoms with Crippen LogP contribution in [0.2, 0.25) is 0 Å². The number of carboxylic acids is 1. The molecule has 0 spiro atoms. The fourth-order valence-electron chi connectivity index (χ4n) is 2.21. The standard InChI is InChI=1S/C21H25N3O5/c1-21(2,3)29-20(27)24(17-10-7-13-22-14-17)23-18(11-12-19(25)26)28-15-16-8-5-4-6-9-16/h4-10,13-14H,11-12,15H2,1-3H3,(H,25,26). The van der Waals surface area contributed by atoms with Gasteiger partial charge in [0.1, 0.15) is 12.2 Å². The van der Waals surface area contributed by atoms with Gasteiger partial charge >= 0.3 is 12.1 Å². The molecule has 0 unspecified atom stereocenters. The number of carbonyl (C=O) groups excluding carboxylic acids is 1. The van der Waals surface area contributed by atoms with Crippen molar-refractivity contribution in [1.29, 1.82) is 0 Å². The highest BCUT2D eigenvalue weighted by atomic mass is 16.6. The highest BCUT2D eigenvalue weighted by molar-refractivity contribution is 5.91. The monoisotopic (exact) mass is 399 g/mol. The van der Waals surface area contributed by atoms with Gasteiger partial charge in [-0.3, -0.25) is 9.78 Å². The first-order valence-electron chi connectivity index (χ1n) is 9.14. The van der Waals surface area contributed by atoms with Crippen LogP contribution in [0.25, 0.3) is 0 Å². The van der Waals surface area contributed by atoms with Crippen molar-refractivity contribution in [3.63, 3.8) is 0 Å². The smallest absolute Gasteiger partial charge is 0.435 e. The summed E-state index contributed by atoms with van der Waals surface area (Å²) in [6.07, 6.45) is 2.13. The highest BCUT2D eigenvalue weighted by Gasteiger charge is 2.24. The molecule has 8 heteroatoms. The second-order valence-electron chi connectivity index (χ2n) is 7.17. The van der Waals surface area contributed by atoms with Gasteiger partial charge in [0.25, 0.3) is 0 Å². The molecule has 0 atom stereocenters. The summed E-state index contributed by atoms with van der Waals surface area (Å²) in [7, 11) is 0. The molecule has 1 heterocycles. The number of aliphatic carboxylic acids is 1. The van der Waals surface area contributed by atoms with Gasteiger partial charge in [0, 0.05) is 12.6 Å². The van der Waals surface area contributed by atoms with Crippen molar-refractivity contribution in [3.8, 4) is 0 Å². The van der Waals surface area contributed by atoms with Crippen LogP contribution in [0.4, 0.5) is 10.5 Å². The second kappa shape index (κ2) is 10.2. The molecule has 0 radical (unpaired) electrons. The summed E-state index contributed by atoms with van der Waals surface area (Å²) >= 11 is 0. The zero-order valence-electron chi connectivity index (χ0n) is 16.7. The summed E-state index contributed by atoms with van der Waals surface area (Å²) in [6, 6.07) is 12.7. The molecule has 0 fully saturated rings. The van der Waals surface area contributed by atoms with Crippen molar-refractivity contribution < 1.29 is 24.2 Å². The van der Waals surface area contributed by atoms with E-state index in [1.165, 1.54) is 6.20 Å². The summed E-state index contributed by atoms with van der Waals surface area (Å²) in [6.45, 7) is 5.42. The number of hydrogen-bond donors (Lipinski definition) is 1. The summed E-state index contributed by atoms with van der Waals surface area (Å²) in [5, 5.41) is 14.3. The lowest BCUT2D eigenvalue weighted by atomic mass is 10.2. The average molecular weight is 399 g/mol. The number of amides is 1. The molecule has 0 aliphatic heterocycles. The van der Waals surface area contributed by atoms with Gasteiger partial charge in [-0.25, -0.2) is 4.79 Å². The number of carboxylic acid groups (broad SMARTS) is 1. The number of rotatable bonds is 7. The Morgan fingerprint density at radius 1 is 1.10 bits per heavy atom. The third-order valence-corrected chi connectivity index (χ3v) is 3.47. The lowest BCUT2D eigenvalue weighted by molar-refractivity contribution is -0.136. The molecule has 1 amide bonds. The number of pyridine rings is 1. The normalized spacial score (nSPS) is 11.6. The van der Waals surface area contributed by atoms with Crippen LogP contribution in [0, 0.1) is 0 Å². The summed E-state index contributed by atoms with van der Waals surface area (Å²) < 4.78 is 11.2. The van der Waals surface area contributed by atoms with Crippen LogP contribution < -0.4 is 5.01 Å². The van der Waals surface area contributed by atoms with Gasteiger partial charge < -0.3 is 14.6 Å². The Bertz CT molecular complexity index is 832. The Kier molecular flexibility index (Phi) is 7.70. The van der Waals surface area contributed by atoms with Crippen LogP contribution in [-0.2, 0) is 20.9 Å². The van der Waals surface area contributed by atoms with Crippen LogP contribution in [0.15, 0.2) is 60.0 Å². The van der Waals surface area contributed by atoms with Crippen molar-refractivity contribution in [2.24, 2.45) is 5.10 Å². The largest absolute Gasteiger partial charge is 0.481 e. The van der Waals surface area contributed by atoms with E-state index >= 15 is 0 Å².